The van der Waals surface area contributed by atoms with Gasteiger partial charge in [-0.1, -0.05) is 12.1 Å². The number of carbonyl (C=O) groups is 3. The fourth-order valence-corrected chi connectivity index (χ4v) is 4.65. The normalized spacial score (nSPS) is 11.6. The van der Waals surface area contributed by atoms with E-state index in [9.17, 15) is 14.4 Å². The Morgan fingerprint density at radius 3 is 1.90 bits per heavy atom. The number of rotatable bonds is 30. The van der Waals surface area contributed by atoms with Crippen LogP contribution >= 0.6 is 0 Å². The third kappa shape index (κ3) is 19.9. The van der Waals surface area contributed by atoms with Crippen molar-refractivity contribution in [3.63, 3.8) is 0 Å². The van der Waals surface area contributed by atoms with Crippen molar-refractivity contribution in [1.29, 1.82) is 0 Å². The SMILES string of the molecule is COc1ccc(-c2nc(NCOC(=O)OCCCCON(O)O)c(Oc3ccccc3OC)c(OCC(COC(=O)CCCON(O)O)OC(=O)CCCON(O)O)n2)cc1. The zero-order valence-corrected chi connectivity index (χ0v) is 33.0. The van der Waals surface area contributed by atoms with Gasteiger partial charge < -0.3 is 43.2 Å². The number of hydrogen-bond acceptors (Lipinski definition) is 26. The molecule has 1 atom stereocenters. The molecule has 0 saturated carbocycles. The van der Waals surface area contributed by atoms with E-state index in [1.54, 1.807) is 48.5 Å². The van der Waals surface area contributed by atoms with Gasteiger partial charge in [-0.25, -0.2) is 9.78 Å². The number of para-hydroxylation sites is 2. The Morgan fingerprint density at radius 1 is 0.672 bits per heavy atom. The average Bonchev–Trinajstić information content (AvgIpc) is 3.23. The van der Waals surface area contributed by atoms with Crippen LogP contribution in [0.2, 0.25) is 0 Å². The van der Waals surface area contributed by atoms with Crippen LogP contribution in [0.5, 0.6) is 28.9 Å². The van der Waals surface area contributed by atoms with Gasteiger partial charge in [0.1, 0.15) is 19.0 Å². The van der Waals surface area contributed by atoms with E-state index in [-0.39, 0.29) is 81.1 Å². The third-order valence-electron chi connectivity index (χ3n) is 7.46. The first kappa shape index (κ1) is 49.6. The number of esters is 2. The number of carbonyl (C=O) groups excluding carboxylic acids is 3. The molecule has 0 bridgehead atoms. The molecule has 26 heteroatoms. The molecule has 3 aromatic rings. The largest absolute Gasteiger partial charge is 0.510 e. The zero-order valence-electron chi connectivity index (χ0n) is 33.0. The molecule has 1 heterocycles. The molecule has 3 rings (SSSR count). The van der Waals surface area contributed by atoms with Gasteiger partial charge >= 0.3 is 18.1 Å². The van der Waals surface area contributed by atoms with Gasteiger partial charge in [0.25, 0.3) is 5.88 Å². The standard InChI is InChI=1S/C35H48N6O20/c1-51-25-15-13-24(14-16-25)32-37-33(36-23-56-35(44)53-17-5-6-18-57-39(45)46)31(61-28-10-4-3-9-27(28)52-2)34(38-32)55-22-26(60-30(43)12-8-20-59-41(49)50)21-54-29(42)11-7-19-58-40(47)48/h3-4,9-10,13-16,26,45-50H,5-8,11-12,17-23H2,1-2H3,(H,36,37,38). The van der Waals surface area contributed by atoms with Crippen LogP contribution in [0.1, 0.15) is 38.5 Å². The highest BCUT2D eigenvalue weighted by Crippen LogP contribution is 2.41. The molecule has 0 amide bonds. The van der Waals surface area contributed by atoms with Crippen molar-refractivity contribution in [3.05, 3.63) is 48.5 Å². The maximum absolute atomic E-state index is 12.8. The Bertz CT molecular complexity index is 1760. The van der Waals surface area contributed by atoms with E-state index in [1.807, 2.05) is 0 Å². The Kier molecular flexibility index (Phi) is 22.7. The van der Waals surface area contributed by atoms with Gasteiger partial charge in [-0.05, 0) is 62.1 Å². The van der Waals surface area contributed by atoms with Gasteiger partial charge in [-0.15, -0.1) is 0 Å². The fraction of sp³-hybridized carbons (Fsp3) is 0.457. The summed E-state index contributed by atoms with van der Waals surface area (Å²) in [7, 11) is 2.91. The molecule has 338 valence electrons. The third-order valence-corrected chi connectivity index (χ3v) is 7.46. The molecule has 0 spiro atoms. The number of aromatic nitrogens is 2. The first-order valence-electron chi connectivity index (χ1n) is 18.2. The smallest absolute Gasteiger partial charge is 0.497 e. The molecular formula is C35H48N6O20. The van der Waals surface area contributed by atoms with Crippen LogP contribution in [0, 0.1) is 0 Å². The monoisotopic (exact) mass is 872 g/mol. The first-order chi connectivity index (χ1) is 29.4. The van der Waals surface area contributed by atoms with Crippen molar-refractivity contribution in [2.45, 2.75) is 44.6 Å². The second-order valence-electron chi connectivity index (χ2n) is 11.9. The average molecular weight is 873 g/mol. The summed E-state index contributed by atoms with van der Waals surface area (Å²) in [5.41, 5.74) is 0.463. The Balaban J connectivity index is 1.93. The maximum atomic E-state index is 12.8. The summed E-state index contributed by atoms with van der Waals surface area (Å²) in [5.74, 6) is -0.982. The lowest BCUT2D eigenvalue weighted by Crippen LogP contribution is -2.31. The van der Waals surface area contributed by atoms with Gasteiger partial charge in [0.15, 0.2) is 36.0 Å². The molecule has 0 radical (unpaired) electrons. The topological polar surface area (TPSA) is 322 Å². The highest BCUT2D eigenvalue weighted by Gasteiger charge is 2.25. The van der Waals surface area contributed by atoms with Crippen molar-refractivity contribution >= 4 is 23.9 Å². The number of hydrogen-bond donors (Lipinski definition) is 7. The van der Waals surface area contributed by atoms with E-state index in [4.69, 9.17) is 69.1 Å². The van der Waals surface area contributed by atoms with Crippen LogP contribution in [-0.2, 0) is 43.0 Å². The number of anilines is 1. The highest BCUT2D eigenvalue weighted by molar-refractivity contribution is 5.70. The minimum Gasteiger partial charge on any atom is -0.497 e. The summed E-state index contributed by atoms with van der Waals surface area (Å²) in [5, 5.41) is 53.5. The van der Waals surface area contributed by atoms with E-state index >= 15 is 0 Å². The van der Waals surface area contributed by atoms with Crippen molar-refractivity contribution in [1.82, 2.24) is 26.1 Å². The van der Waals surface area contributed by atoms with Crippen molar-refractivity contribution in [2.24, 2.45) is 0 Å². The van der Waals surface area contributed by atoms with Crippen molar-refractivity contribution < 1.29 is 98.0 Å². The van der Waals surface area contributed by atoms with Crippen LogP contribution in [0.15, 0.2) is 48.5 Å². The maximum Gasteiger partial charge on any atom is 0.510 e. The second-order valence-corrected chi connectivity index (χ2v) is 11.9. The summed E-state index contributed by atoms with van der Waals surface area (Å²) < 4.78 is 44.2. The summed E-state index contributed by atoms with van der Waals surface area (Å²) in [6, 6.07) is 13.2. The molecule has 1 aromatic heterocycles. The molecule has 7 N–H and O–H groups in total. The van der Waals surface area contributed by atoms with Crippen LogP contribution in [0.25, 0.3) is 11.4 Å². The van der Waals surface area contributed by atoms with Crippen molar-refractivity contribution in [3.8, 4) is 40.3 Å². The van der Waals surface area contributed by atoms with Crippen LogP contribution < -0.4 is 24.3 Å². The quantitative estimate of drug-likeness (QED) is 0.0165. The van der Waals surface area contributed by atoms with Gasteiger partial charge in [0.05, 0.1) is 56.8 Å². The van der Waals surface area contributed by atoms with E-state index in [0.29, 0.717) is 29.9 Å². The predicted molar refractivity (Wildman–Crippen MR) is 196 cm³/mol. The van der Waals surface area contributed by atoms with E-state index in [0.717, 1.165) is 0 Å². The summed E-state index contributed by atoms with van der Waals surface area (Å²) in [6.45, 7) is -2.18. The summed E-state index contributed by atoms with van der Waals surface area (Å²) >= 11 is 0. The molecule has 61 heavy (non-hydrogen) atoms. The Morgan fingerprint density at radius 2 is 1.28 bits per heavy atom. The fourth-order valence-electron chi connectivity index (χ4n) is 4.65. The molecule has 0 aliphatic heterocycles. The van der Waals surface area contributed by atoms with Crippen LogP contribution in [0.4, 0.5) is 10.6 Å². The Hall–Kier alpha value is -5.75. The number of nitrogens with zero attached hydrogens (tertiary/aromatic N) is 5. The second kappa shape index (κ2) is 27.9. The van der Waals surface area contributed by atoms with Gasteiger partial charge in [0.2, 0.25) is 5.75 Å². The first-order valence-corrected chi connectivity index (χ1v) is 18.2. The van der Waals surface area contributed by atoms with Crippen LogP contribution in [-0.4, -0.2) is 142 Å². The number of nitrogens with one attached hydrogen (secondary N) is 1. The minimum atomic E-state index is -1.28. The number of unbranched alkanes of at least 4 members (excludes halogenated alkanes) is 1. The van der Waals surface area contributed by atoms with E-state index in [2.05, 4.69) is 29.8 Å². The molecular weight excluding hydrogens is 824 g/mol. The molecule has 0 aliphatic rings. The molecule has 26 nitrogen and oxygen atoms in total. The lowest BCUT2D eigenvalue weighted by molar-refractivity contribution is -0.492. The highest BCUT2D eigenvalue weighted by atomic mass is 17.1. The number of benzene rings is 2. The van der Waals surface area contributed by atoms with Gasteiger partial charge in [0, 0.05) is 18.4 Å². The van der Waals surface area contributed by atoms with Gasteiger partial charge in [-0.3, -0.25) is 55.3 Å². The predicted octanol–water partition coefficient (Wildman–Crippen LogP) is 3.69. The molecule has 0 fully saturated rings. The number of ether oxygens (including phenoxy) is 8. The van der Waals surface area contributed by atoms with E-state index in [1.165, 1.54) is 14.2 Å². The molecule has 0 aliphatic carbocycles. The molecule has 0 saturated heterocycles. The van der Waals surface area contributed by atoms with Crippen molar-refractivity contribution in [2.75, 3.05) is 65.9 Å². The zero-order chi connectivity index (χ0) is 44.4. The Labute approximate surface area is 347 Å². The lowest BCUT2D eigenvalue weighted by atomic mass is 10.2. The minimum absolute atomic E-state index is 0.00169. The molecule has 1 unspecified atom stereocenters. The van der Waals surface area contributed by atoms with Crippen LogP contribution in [0.3, 0.4) is 0 Å². The molecule has 2 aromatic carbocycles. The number of methoxy groups -OCH3 is 2. The summed E-state index contributed by atoms with van der Waals surface area (Å²) in [6.07, 6.45) is -2.15. The van der Waals surface area contributed by atoms with Gasteiger partial charge in [-0.2, -0.15) is 4.98 Å². The lowest BCUT2D eigenvalue weighted by Gasteiger charge is -2.21. The summed E-state index contributed by atoms with van der Waals surface area (Å²) in [4.78, 5) is 60.2. The van der Waals surface area contributed by atoms with E-state index < -0.39 is 60.3 Å².